The number of anilines is 2. The summed E-state index contributed by atoms with van der Waals surface area (Å²) in [4.78, 5) is 12.0. The lowest BCUT2D eigenvalue weighted by Crippen LogP contribution is -2.29. The molecule has 0 saturated heterocycles. The second-order valence-corrected chi connectivity index (χ2v) is 8.25. The smallest absolute Gasteiger partial charge is 0.319 e. The summed E-state index contributed by atoms with van der Waals surface area (Å²) in [5, 5.41) is 14.9. The van der Waals surface area contributed by atoms with Crippen molar-refractivity contribution in [3.63, 3.8) is 0 Å². The lowest BCUT2D eigenvalue weighted by Gasteiger charge is -2.14. The number of hydrogen-bond acceptors (Lipinski definition) is 6. The first kappa shape index (κ1) is 19.1. The monoisotopic (exact) mass is 384 g/mol. The SMILES string of the molecule is CCc1nnc(CNC(=O)Nc2cccc(NS(=O)(=O)N(C)C)c2)s1. The van der Waals surface area contributed by atoms with E-state index < -0.39 is 16.2 Å². The van der Waals surface area contributed by atoms with E-state index in [0.717, 1.165) is 20.7 Å². The van der Waals surface area contributed by atoms with Gasteiger partial charge in [-0.05, 0) is 24.6 Å². The summed E-state index contributed by atoms with van der Waals surface area (Å²) in [7, 11) is -0.750. The van der Waals surface area contributed by atoms with E-state index in [9.17, 15) is 13.2 Å². The van der Waals surface area contributed by atoms with Crippen molar-refractivity contribution in [3.05, 3.63) is 34.3 Å². The maximum absolute atomic E-state index is 12.0. The molecule has 0 aliphatic carbocycles. The highest BCUT2D eigenvalue weighted by Gasteiger charge is 2.13. The van der Waals surface area contributed by atoms with Gasteiger partial charge in [-0.3, -0.25) is 4.72 Å². The number of aromatic nitrogens is 2. The number of benzene rings is 1. The van der Waals surface area contributed by atoms with E-state index in [1.54, 1.807) is 18.2 Å². The van der Waals surface area contributed by atoms with Crippen LogP contribution in [0.2, 0.25) is 0 Å². The van der Waals surface area contributed by atoms with Crippen molar-refractivity contribution >= 4 is 39.0 Å². The molecule has 1 aromatic heterocycles. The summed E-state index contributed by atoms with van der Waals surface area (Å²) in [6.45, 7) is 2.26. The Bertz CT molecular complexity index is 835. The van der Waals surface area contributed by atoms with Crippen LogP contribution in [0.5, 0.6) is 0 Å². The number of carbonyl (C=O) groups excluding carboxylic acids is 1. The molecule has 2 aromatic rings. The van der Waals surface area contributed by atoms with Gasteiger partial charge in [0, 0.05) is 19.8 Å². The van der Waals surface area contributed by atoms with Crippen molar-refractivity contribution < 1.29 is 13.2 Å². The van der Waals surface area contributed by atoms with Crippen molar-refractivity contribution in [3.8, 4) is 0 Å². The molecule has 9 nitrogen and oxygen atoms in total. The van der Waals surface area contributed by atoms with Gasteiger partial charge < -0.3 is 10.6 Å². The third-order valence-corrected chi connectivity index (χ3v) is 5.58. The molecule has 0 radical (unpaired) electrons. The van der Waals surface area contributed by atoms with Gasteiger partial charge in [0.15, 0.2) is 0 Å². The molecule has 25 heavy (non-hydrogen) atoms. The van der Waals surface area contributed by atoms with E-state index in [1.165, 1.54) is 31.5 Å². The van der Waals surface area contributed by atoms with Gasteiger partial charge >= 0.3 is 16.2 Å². The van der Waals surface area contributed by atoms with Crippen LogP contribution >= 0.6 is 11.3 Å². The van der Waals surface area contributed by atoms with Crippen molar-refractivity contribution in [1.29, 1.82) is 0 Å². The molecule has 2 rings (SSSR count). The average molecular weight is 384 g/mol. The highest BCUT2D eigenvalue weighted by atomic mass is 32.2. The zero-order valence-corrected chi connectivity index (χ0v) is 15.7. The van der Waals surface area contributed by atoms with Gasteiger partial charge in [-0.1, -0.05) is 24.3 Å². The maximum atomic E-state index is 12.0. The number of amides is 2. The summed E-state index contributed by atoms with van der Waals surface area (Å²) >= 11 is 1.45. The fourth-order valence-corrected chi connectivity index (χ4v) is 3.07. The minimum Gasteiger partial charge on any atom is -0.331 e. The molecule has 11 heteroatoms. The van der Waals surface area contributed by atoms with Crippen molar-refractivity contribution in [2.45, 2.75) is 19.9 Å². The van der Waals surface area contributed by atoms with Gasteiger partial charge in [-0.15, -0.1) is 10.2 Å². The molecule has 0 aliphatic rings. The Kier molecular flexibility index (Phi) is 6.28. The third kappa shape index (κ3) is 5.66. The second-order valence-electron chi connectivity index (χ2n) is 5.22. The molecule has 136 valence electrons. The molecule has 0 spiro atoms. The molecule has 0 unspecified atom stereocenters. The summed E-state index contributed by atoms with van der Waals surface area (Å²) < 4.78 is 27.1. The summed E-state index contributed by atoms with van der Waals surface area (Å²) in [5.41, 5.74) is 0.811. The number of aryl methyl sites for hydroxylation is 1. The van der Waals surface area contributed by atoms with Gasteiger partial charge in [0.25, 0.3) is 0 Å². The summed E-state index contributed by atoms with van der Waals surface area (Å²) in [5.74, 6) is 0. The molecular weight excluding hydrogens is 364 g/mol. The first-order valence-electron chi connectivity index (χ1n) is 7.46. The average Bonchev–Trinajstić information content (AvgIpc) is 3.01. The molecular formula is C14H20N6O3S2. The van der Waals surface area contributed by atoms with Crippen molar-refractivity contribution in [1.82, 2.24) is 19.8 Å². The van der Waals surface area contributed by atoms with E-state index in [-0.39, 0.29) is 6.54 Å². The van der Waals surface area contributed by atoms with Crippen molar-refractivity contribution in [2.24, 2.45) is 0 Å². The first-order valence-corrected chi connectivity index (χ1v) is 9.72. The van der Waals surface area contributed by atoms with Crippen LogP contribution in [-0.4, -0.2) is 43.0 Å². The Hall–Kier alpha value is -2.24. The van der Waals surface area contributed by atoms with Gasteiger partial charge in [0.2, 0.25) is 0 Å². The molecule has 1 heterocycles. The number of carbonyl (C=O) groups is 1. The first-order chi connectivity index (χ1) is 11.8. The van der Waals surface area contributed by atoms with Crippen LogP contribution < -0.4 is 15.4 Å². The number of nitrogens with one attached hydrogen (secondary N) is 3. The minimum atomic E-state index is -3.60. The molecule has 3 N–H and O–H groups in total. The lowest BCUT2D eigenvalue weighted by molar-refractivity contribution is 0.251. The van der Waals surface area contributed by atoms with Crippen LogP contribution in [0.3, 0.4) is 0 Å². The van der Waals surface area contributed by atoms with Gasteiger partial charge in [0.05, 0.1) is 12.2 Å². The number of rotatable bonds is 7. The van der Waals surface area contributed by atoms with Crippen LogP contribution in [0.1, 0.15) is 16.9 Å². The van der Waals surface area contributed by atoms with Crippen LogP contribution in [-0.2, 0) is 23.2 Å². The van der Waals surface area contributed by atoms with Crippen LogP contribution in [0, 0.1) is 0 Å². The number of urea groups is 1. The van der Waals surface area contributed by atoms with Crippen molar-refractivity contribution in [2.75, 3.05) is 24.1 Å². The fourth-order valence-electron chi connectivity index (χ4n) is 1.73. The fraction of sp³-hybridized carbons (Fsp3) is 0.357. The van der Waals surface area contributed by atoms with Crippen LogP contribution in [0.15, 0.2) is 24.3 Å². The highest BCUT2D eigenvalue weighted by molar-refractivity contribution is 7.90. The van der Waals surface area contributed by atoms with Gasteiger partial charge in [-0.2, -0.15) is 12.7 Å². The van der Waals surface area contributed by atoms with E-state index in [0.29, 0.717) is 11.4 Å². The van der Waals surface area contributed by atoms with Gasteiger partial charge in [-0.25, -0.2) is 4.79 Å². The Labute approximate surface area is 150 Å². The van der Waals surface area contributed by atoms with Crippen LogP contribution in [0.25, 0.3) is 0 Å². The summed E-state index contributed by atoms with van der Waals surface area (Å²) in [6, 6.07) is 6.01. The molecule has 1 aromatic carbocycles. The maximum Gasteiger partial charge on any atom is 0.319 e. The second kappa shape index (κ2) is 8.23. The Morgan fingerprint density at radius 1 is 1.20 bits per heavy atom. The third-order valence-electron chi connectivity index (χ3n) is 3.06. The van der Waals surface area contributed by atoms with E-state index >= 15 is 0 Å². The van der Waals surface area contributed by atoms with E-state index in [2.05, 4.69) is 25.6 Å². The summed E-state index contributed by atoms with van der Waals surface area (Å²) in [6.07, 6.45) is 0.805. The van der Waals surface area contributed by atoms with E-state index in [4.69, 9.17) is 0 Å². The normalized spacial score (nSPS) is 11.4. The Morgan fingerprint density at radius 3 is 2.52 bits per heavy atom. The quantitative estimate of drug-likeness (QED) is 0.671. The highest BCUT2D eigenvalue weighted by Crippen LogP contribution is 2.17. The molecule has 0 fully saturated rings. The van der Waals surface area contributed by atoms with E-state index in [1.807, 2.05) is 6.92 Å². The standard InChI is InChI=1S/C14H20N6O3S2/c1-4-12-17-18-13(24-12)9-15-14(21)16-10-6-5-7-11(8-10)19-25(22,23)20(2)3/h5-8,19H,4,9H2,1-3H3,(H2,15,16,21). The predicted octanol–water partition coefficient (Wildman–Crippen LogP) is 1.64. The molecule has 0 saturated carbocycles. The van der Waals surface area contributed by atoms with Crippen LogP contribution in [0.4, 0.5) is 16.2 Å². The molecule has 2 amide bonds. The molecule has 0 bridgehead atoms. The number of nitrogens with zero attached hydrogens (tertiary/aromatic N) is 3. The topological polar surface area (TPSA) is 116 Å². The predicted molar refractivity (Wildman–Crippen MR) is 97.8 cm³/mol. The Morgan fingerprint density at radius 2 is 1.88 bits per heavy atom. The zero-order chi connectivity index (χ0) is 18.4. The lowest BCUT2D eigenvalue weighted by atomic mass is 10.3. The molecule has 0 aliphatic heterocycles. The largest absolute Gasteiger partial charge is 0.331 e. The Balaban J connectivity index is 1.93. The molecule has 0 atom stereocenters. The van der Waals surface area contributed by atoms with Gasteiger partial charge in [0.1, 0.15) is 10.0 Å². The minimum absolute atomic E-state index is 0.274. The zero-order valence-electron chi connectivity index (χ0n) is 14.1. The number of hydrogen-bond donors (Lipinski definition) is 3.